The number of rotatable bonds is 9. The number of benzene rings is 1. The van der Waals surface area contributed by atoms with E-state index in [9.17, 15) is 42.0 Å². The number of sulfonamides is 1. The normalized spacial score (nSPS) is 23.3. The molecular formula is C42H63N9O11S. The maximum Gasteiger partial charge on any atom is 0.308 e. The van der Waals surface area contributed by atoms with E-state index in [1.807, 2.05) is 13.8 Å². The van der Waals surface area contributed by atoms with Gasteiger partial charge in [0.25, 0.3) is 10.0 Å². The fourth-order valence-electron chi connectivity index (χ4n) is 7.76. The van der Waals surface area contributed by atoms with E-state index < -0.39 is 106 Å². The summed E-state index contributed by atoms with van der Waals surface area (Å²) in [6.45, 7) is 14.7. The first kappa shape index (κ1) is 49.9. The summed E-state index contributed by atoms with van der Waals surface area (Å²) in [5, 5.41) is 12.9. The maximum atomic E-state index is 13.9. The molecule has 6 amide bonds. The van der Waals surface area contributed by atoms with E-state index in [4.69, 9.17) is 15.2 Å². The molecule has 8 N–H and O–H groups in total. The summed E-state index contributed by atoms with van der Waals surface area (Å²) in [6.07, 6.45) is 3.94. The lowest BCUT2D eigenvalue weighted by Crippen LogP contribution is -2.56. The second-order valence-corrected chi connectivity index (χ2v) is 19.3. The fraction of sp³-hybridized carbons (Fsp3) is 0.619. The van der Waals surface area contributed by atoms with E-state index in [1.54, 1.807) is 53.7 Å². The molecule has 3 heterocycles. The number of nitrogens with two attached hydrogens (primary N) is 1. The number of nitrogens with one attached hydrogen (secondary N) is 6. The Morgan fingerprint density at radius 3 is 2.35 bits per heavy atom. The molecule has 0 bridgehead atoms. The number of hydrogen-bond donors (Lipinski definition) is 7. The van der Waals surface area contributed by atoms with Crippen LogP contribution in [0.15, 0.2) is 22.0 Å². The first-order valence-electron chi connectivity index (χ1n) is 21.0. The topological polar surface area (TPSA) is 286 Å². The molecule has 0 saturated carbocycles. The van der Waals surface area contributed by atoms with Gasteiger partial charge in [0.05, 0.1) is 17.9 Å². The minimum Gasteiger partial charge on any atom is -0.487 e. The third kappa shape index (κ3) is 13.6. The molecule has 3 aliphatic rings. The van der Waals surface area contributed by atoms with Crippen molar-refractivity contribution in [3.8, 4) is 5.75 Å². The molecule has 1 aromatic rings. The minimum atomic E-state index is -4.20. The lowest BCUT2D eigenvalue weighted by atomic mass is 9.94. The van der Waals surface area contributed by atoms with E-state index in [2.05, 4.69) is 36.3 Å². The monoisotopic (exact) mass is 901 g/mol. The SMILES string of the molecule is CC(=O)N[C@H]1C/C=C/CNC(=O)[C@@H]2CCCN2C(=O)[C@H](CC(=O)OC(C)(C)C)NC(=O)CNC(=O)[C@H](CCCN=C(N)NS(=O)(=O)c2c(C)c(C)c3c(c2C)CC(C)(C)O3)NC1=O. The largest absolute Gasteiger partial charge is 0.487 e. The number of nitrogens with zero attached hydrogens (tertiary/aromatic N) is 2. The number of amides is 6. The van der Waals surface area contributed by atoms with Crippen LogP contribution >= 0.6 is 0 Å². The third-order valence-corrected chi connectivity index (χ3v) is 12.3. The summed E-state index contributed by atoms with van der Waals surface area (Å²) in [7, 11) is -4.20. The molecule has 4 rings (SSSR count). The van der Waals surface area contributed by atoms with Crippen LogP contribution in [-0.2, 0) is 54.7 Å². The summed E-state index contributed by atoms with van der Waals surface area (Å²) in [5.74, 6) is -4.55. The quantitative estimate of drug-likeness (QED) is 0.0571. The predicted octanol–water partition coefficient (Wildman–Crippen LogP) is 0.0880. The number of carbonyl (C=O) groups is 7. The summed E-state index contributed by atoms with van der Waals surface area (Å²) in [4.78, 5) is 98.2. The Hall–Kier alpha value is -5.73. The van der Waals surface area contributed by atoms with Gasteiger partial charge in [0, 0.05) is 38.5 Å². The standard InChI is InChI=1S/C42H63N9O11S/c1-23-24(2)35(25(3)27-21-42(8,9)62-34(23)27)63(59,60)50-40(43)45-18-12-15-28-36(55)46-22-32(53)48-30(20-33(54)61-41(5,6)7)39(58)51-19-13-16-31(51)38(57)44-17-11-10-14-29(37(56)49-28)47-26(4)52/h10-11,28-31H,12-22H2,1-9H3,(H,44,57)(H,46,55)(H,47,52)(H,48,53)(H,49,56)(H3,43,45,50)/b11-10+/t28-,29-,30-,31-/m0/s1. The molecule has 0 unspecified atom stereocenters. The molecule has 1 aromatic carbocycles. The van der Waals surface area contributed by atoms with Gasteiger partial charge in [0.15, 0.2) is 0 Å². The summed E-state index contributed by atoms with van der Waals surface area (Å²) >= 11 is 0. The van der Waals surface area contributed by atoms with Crippen molar-refractivity contribution in [3.63, 3.8) is 0 Å². The van der Waals surface area contributed by atoms with Crippen molar-refractivity contribution < 1.29 is 51.5 Å². The predicted molar refractivity (Wildman–Crippen MR) is 232 cm³/mol. The average molecular weight is 902 g/mol. The molecule has 4 atom stereocenters. The lowest BCUT2D eigenvalue weighted by molar-refractivity contribution is -0.157. The van der Waals surface area contributed by atoms with Gasteiger partial charge in [0.1, 0.15) is 41.1 Å². The number of aliphatic imine (C=N–C) groups is 1. The number of ether oxygens (including phenoxy) is 2. The molecule has 0 radical (unpaired) electrons. The molecule has 1 fully saturated rings. The van der Waals surface area contributed by atoms with Crippen LogP contribution in [-0.4, -0.2) is 122 Å². The first-order chi connectivity index (χ1) is 29.3. The van der Waals surface area contributed by atoms with Crippen LogP contribution in [0.25, 0.3) is 0 Å². The van der Waals surface area contributed by atoms with E-state index in [-0.39, 0.29) is 43.8 Å². The van der Waals surface area contributed by atoms with Crippen molar-refractivity contribution in [2.24, 2.45) is 10.7 Å². The van der Waals surface area contributed by atoms with Crippen LogP contribution < -0.4 is 41.8 Å². The van der Waals surface area contributed by atoms with Gasteiger partial charge in [-0.1, -0.05) is 12.2 Å². The Labute approximate surface area is 368 Å². The Morgan fingerprint density at radius 1 is 0.984 bits per heavy atom. The van der Waals surface area contributed by atoms with Gasteiger partial charge in [-0.15, -0.1) is 0 Å². The fourth-order valence-corrected chi connectivity index (χ4v) is 9.29. The van der Waals surface area contributed by atoms with Crippen LogP contribution in [0.3, 0.4) is 0 Å². The van der Waals surface area contributed by atoms with E-state index in [1.165, 1.54) is 11.8 Å². The van der Waals surface area contributed by atoms with E-state index in [0.29, 0.717) is 41.7 Å². The molecule has 63 heavy (non-hydrogen) atoms. The van der Waals surface area contributed by atoms with Gasteiger partial charge < -0.3 is 46.7 Å². The molecule has 1 saturated heterocycles. The molecule has 20 nitrogen and oxygen atoms in total. The highest BCUT2D eigenvalue weighted by atomic mass is 32.2. The zero-order valence-corrected chi connectivity index (χ0v) is 38.4. The second-order valence-electron chi connectivity index (χ2n) is 17.6. The van der Waals surface area contributed by atoms with Crippen LogP contribution in [0.2, 0.25) is 0 Å². The highest BCUT2D eigenvalue weighted by molar-refractivity contribution is 7.90. The molecule has 0 spiro atoms. The van der Waals surface area contributed by atoms with Gasteiger partial charge in [-0.2, -0.15) is 0 Å². The smallest absolute Gasteiger partial charge is 0.308 e. The molecule has 0 aromatic heterocycles. The van der Waals surface area contributed by atoms with Gasteiger partial charge in [0.2, 0.25) is 41.4 Å². The van der Waals surface area contributed by atoms with Crippen molar-refractivity contribution in [3.05, 3.63) is 34.4 Å². The van der Waals surface area contributed by atoms with Gasteiger partial charge in [-0.05, 0) is 104 Å². The van der Waals surface area contributed by atoms with E-state index in [0.717, 1.165) is 5.56 Å². The molecule has 21 heteroatoms. The van der Waals surface area contributed by atoms with Crippen LogP contribution in [0.4, 0.5) is 0 Å². The highest BCUT2D eigenvalue weighted by Gasteiger charge is 2.40. The second kappa shape index (κ2) is 20.6. The summed E-state index contributed by atoms with van der Waals surface area (Å²) < 4.78 is 41.2. The third-order valence-electron chi connectivity index (χ3n) is 10.7. The van der Waals surface area contributed by atoms with Crippen LogP contribution in [0.5, 0.6) is 5.75 Å². The van der Waals surface area contributed by atoms with Crippen LogP contribution in [0.1, 0.15) is 102 Å². The van der Waals surface area contributed by atoms with Gasteiger partial charge in [-0.25, -0.2) is 13.1 Å². The van der Waals surface area contributed by atoms with Crippen molar-refractivity contribution in [2.45, 2.75) is 148 Å². The van der Waals surface area contributed by atoms with Gasteiger partial charge >= 0.3 is 5.97 Å². The van der Waals surface area contributed by atoms with Crippen LogP contribution in [0, 0.1) is 20.8 Å². The molecule has 3 aliphatic heterocycles. The zero-order valence-electron chi connectivity index (χ0n) is 37.6. The number of guanidine groups is 1. The Bertz CT molecular complexity index is 2150. The van der Waals surface area contributed by atoms with Gasteiger partial charge in [-0.3, -0.25) is 38.6 Å². The number of carbonyl (C=O) groups excluding carboxylic acids is 7. The molecule has 348 valence electrons. The molecule has 0 aliphatic carbocycles. The summed E-state index contributed by atoms with van der Waals surface area (Å²) in [6, 6.07) is -4.75. The number of esters is 1. The minimum absolute atomic E-state index is 0.0210. The number of fused-ring (bicyclic) bond motifs is 2. The van der Waals surface area contributed by atoms with Crippen molar-refractivity contribution in [1.82, 2.24) is 36.2 Å². The van der Waals surface area contributed by atoms with E-state index >= 15 is 0 Å². The maximum absolute atomic E-state index is 13.9. The Morgan fingerprint density at radius 2 is 1.68 bits per heavy atom. The number of hydrogen-bond acceptors (Lipinski definition) is 12. The van der Waals surface area contributed by atoms with Crippen molar-refractivity contribution >= 4 is 57.4 Å². The van der Waals surface area contributed by atoms with Crippen molar-refractivity contribution in [1.29, 1.82) is 0 Å². The van der Waals surface area contributed by atoms with Crippen molar-refractivity contribution in [2.75, 3.05) is 26.2 Å². The average Bonchev–Trinajstić information content (AvgIpc) is 3.79. The first-order valence-corrected chi connectivity index (χ1v) is 22.5. The Kier molecular flexibility index (Phi) is 16.4. The zero-order chi connectivity index (χ0) is 47.0. The molecular weight excluding hydrogens is 839 g/mol. The lowest BCUT2D eigenvalue weighted by Gasteiger charge is -2.29. The summed E-state index contributed by atoms with van der Waals surface area (Å²) in [5.41, 5.74) is 7.22. The highest BCUT2D eigenvalue weighted by Crippen LogP contribution is 2.43. The Balaban J connectivity index is 1.53.